The van der Waals surface area contributed by atoms with Crippen molar-refractivity contribution in [2.75, 3.05) is 42.6 Å². The predicted octanol–water partition coefficient (Wildman–Crippen LogP) is 4.78. The average Bonchev–Trinajstić information content (AvgIpc) is 3.20. The van der Waals surface area contributed by atoms with Gasteiger partial charge in [0.05, 0.1) is 6.67 Å². The maximum absolute atomic E-state index is 13.4. The van der Waals surface area contributed by atoms with Gasteiger partial charge in [-0.3, -0.25) is 4.79 Å². The fourth-order valence-electron chi connectivity index (χ4n) is 5.27. The minimum absolute atomic E-state index is 0.0933. The smallest absolute Gasteiger partial charge is 0.247 e. The number of likely N-dealkylation sites (tertiary alicyclic amines) is 1. The number of nitrogens with zero attached hydrogens (tertiary/aromatic N) is 3. The Bertz CT molecular complexity index is 1040. The summed E-state index contributed by atoms with van der Waals surface area (Å²) in [6, 6.07) is 27.5. The molecule has 34 heavy (non-hydrogen) atoms. The topological polar surface area (TPSA) is 38.8 Å². The molecule has 5 rings (SSSR count). The van der Waals surface area contributed by atoms with Crippen LogP contribution in [0.1, 0.15) is 19.3 Å². The van der Waals surface area contributed by atoms with E-state index in [1.807, 2.05) is 12.1 Å². The molecule has 1 spiro atoms. The first-order chi connectivity index (χ1) is 16.7. The third kappa shape index (κ3) is 4.50. The fraction of sp³-hybridized carbons (Fsp3) is 0.321. The lowest BCUT2D eigenvalue weighted by Gasteiger charge is -2.43. The molecule has 2 fully saturated rings. The molecule has 2 heterocycles. The van der Waals surface area contributed by atoms with Gasteiger partial charge in [0.15, 0.2) is 0 Å². The molecule has 2 aliphatic heterocycles. The zero-order chi connectivity index (χ0) is 23.4. The van der Waals surface area contributed by atoms with Crippen LogP contribution in [-0.4, -0.2) is 49.2 Å². The molecule has 0 aliphatic carbocycles. The van der Waals surface area contributed by atoms with Crippen molar-refractivity contribution < 1.29 is 9.18 Å². The molecular formula is C28H31FN4O. The molecule has 176 valence electrons. The number of carbonyl (C=O) groups is 1. The Hall–Kier alpha value is -3.38. The zero-order valence-corrected chi connectivity index (χ0v) is 19.4. The minimum Gasteiger partial charge on any atom is -0.341 e. The van der Waals surface area contributed by atoms with E-state index < -0.39 is 5.54 Å². The van der Waals surface area contributed by atoms with E-state index in [0.29, 0.717) is 6.67 Å². The second-order valence-corrected chi connectivity index (χ2v) is 9.12. The van der Waals surface area contributed by atoms with Crippen molar-refractivity contribution in [3.63, 3.8) is 0 Å². The Morgan fingerprint density at radius 2 is 1.44 bits per heavy atom. The van der Waals surface area contributed by atoms with Crippen LogP contribution in [0.15, 0.2) is 84.9 Å². The molecule has 0 bridgehead atoms. The average molecular weight is 459 g/mol. The van der Waals surface area contributed by atoms with Crippen LogP contribution < -0.4 is 15.1 Å². The molecule has 2 saturated heterocycles. The van der Waals surface area contributed by atoms with E-state index in [0.717, 1.165) is 51.1 Å². The number of nitrogens with one attached hydrogen (secondary N) is 1. The quantitative estimate of drug-likeness (QED) is 0.553. The molecule has 3 aromatic rings. The molecule has 0 atom stereocenters. The predicted molar refractivity (Wildman–Crippen MR) is 135 cm³/mol. The fourth-order valence-corrected chi connectivity index (χ4v) is 5.27. The number of halogens is 1. The number of rotatable bonds is 7. The summed E-state index contributed by atoms with van der Waals surface area (Å²) >= 11 is 0. The lowest BCUT2D eigenvalue weighted by atomic mass is 9.85. The SMILES string of the molecule is O=C1NCN(c2ccc(F)cc2)C12CCN(CCCN(c1ccccc1)c1ccccc1)CC2. The Kier molecular flexibility index (Phi) is 6.50. The highest BCUT2D eigenvalue weighted by molar-refractivity contribution is 5.93. The van der Waals surface area contributed by atoms with Gasteiger partial charge < -0.3 is 20.0 Å². The Morgan fingerprint density at radius 1 is 0.853 bits per heavy atom. The summed E-state index contributed by atoms with van der Waals surface area (Å²) in [7, 11) is 0. The molecule has 0 aromatic heterocycles. The number of benzene rings is 3. The lowest BCUT2D eigenvalue weighted by Crippen LogP contribution is -2.56. The van der Waals surface area contributed by atoms with Crippen molar-refractivity contribution in [3.05, 3.63) is 90.7 Å². The van der Waals surface area contributed by atoms with E-state index in [1.165, 1.54) is 23.5 Å². The van der Waals surface area contributed by atoms with Gasteiger partial charge in [-0.2, -0.15) is 0 Å². The van der Waals surface area contributed by atoms with Crippen LogP contribution in [0, 0.1) is 5.82 Å². The number of carbonyl (C=O) groups excluding carboxylic acids is 1. The van der Waals surface area contributed by atoms with E-state index in [4.69, 9.17) is 0 Å². The van der Waals surface area contributed by atoms with Crippen molar-refractivity contribution >= 4 is 23.0 Å². The minimum atomic E-state index is -0.533. The van der Waals surface area contributed by atoms with Crippen molar-refractivity contribution in [2.45, 2.75) is 24.8 Å². The van der Waals surface area contributed by atoms with Gasteiger partial charge in [0.25, 0.3) is 0 Å². The van der Waals surface area contributed by atoms with Gasteiger partial charge in [0.1, 0.15) is 11.4 Å². The van der Waals surface area contributed by atoms with Crippen LogP contribution >= 0.6 is 0 Å². The Morgan fingerprint density at radius 3 is 2.03 bits per heavy atom. The number of para-hydroxylation sites is 2. The summed E-state index contributed by atoms with van der Waals surface area (Å²) in [5.41, 5.74) is 2.76. The highest BCUT2D eigenvalue weighted by Gasteiger charge is 2.50. The maximum atomic E-state index is 13.4. The molecule has 0 radical (unpaired) electrons. The van der Waals surface area contributed by atoms with E-state index in [2.05, 4.69) is 68.5 Å². The molecule has 2 aliphatic rings. The number of hydrogen-bond acceptors (Lipinski definition) is 4. The summed E-state index contributed by atoms with van der Waals surface area (Å²) in [4.78, 5) is 19.8. The Balaban J connectivity index is 1.20. The molecule has 3 aromatic carbocycles. The van der Waals surface area contributed by atoms with Crippen molar-refractivity contribution in [1.29, 1.82) is 0 Å². The molecule has 1 amide bonds. The zero-order valence-electron chi connectivity index (χ0n) is 19.4. The summed E-state index contributed by atoms with van der Waals surface area (Å²) in [6.45, 7) is 4.15. The van der Waals surface area contributed by atoms with Gasteiger partial charge in [-0.25, -0.2) is 4.39 Å². The Labute approximate surface area is 200 Å². The van der Waals surface area contributed by atoms with Gasteiger partial charge in [-0.05, 0) is 74.3 Å². The molecule has 1 N–H and O–H groups in total. The van der Waals surface area contributed by atoms with Crippen LogP contribution in [0.3, 0.4) is 0 Å². The highest BCUT2D eigenvalue weighted by Crippen LogP contribution is 2.36. The first-order valence-corrected chi connectivity index (χ1v) is 12.1. The van der Waals surface area contributed by atoms with Gasteiger partial charge in [0.2, 0.25) is 5.91 Å². The molecule has 5 nitrogen and oxygen atoms in total. The van der Waals surface area contributed by atoms with Gasteiger partial charge >= 0.3 is 0 Å². The van der Waals surface area contributed by atoms with Gasteiger partial charge in [-0.1, -0.05) is 36.4 Å². The second kappa shape index (κ2) is 9.85. The van der Waals surface area contributed by atoms with Crippen LogP contribution in [0.4, 0.5) is 21.5 Å². The molecule has 6 heteroatoms. The number of hydrogen-bond donors (Lipinski definition) is 1. The van der Waals surface area contributed by atoms with Crippen LogP contribution in [0.25, 0.3) is 0 Å². The summed E-state index contributed by atoms with van der Waals surface area (Å²) in [5.74, 6) is -0.165. The van der Waals surface area contributed by atoms with Crippen LogP contribution in [0.2, 0.25) is 0 Å². The molecule has 0 saturated carbocycles. The second-order valence-electron chi connectivity index (χ2n) is 9.12. The van der Waals surface area contributed by atoms with Crippen LogP contribution in [-0.2, 0) is 4.79 Å². The highest BCUT2D eigenvalue weighted by atomic mass is 19.1. The van der Waals surface area contributed by atoms with Gasteiger partial charge in [0, 0.05) is 36.7 Å². The maximum Gasteiger partial charge on any atom is 0.247 e. The monoisotopic (exact) mass is 458 g/mol. The van der Waals surface area contributed by atoms with E-state index >= 15 is 0 Å². The van der Waals surface area contributed by atoms with E-state index in [1.54, 1.807) is 12.1 Å². The molecular weight excluding hydrogens is 427 g/mol. The molecule has 0 unspecified atom stereocenters. The van der Waals surface area contributed by atoms with Crippen LogP contribution in [0.5, 0.6) is 0 Å². The first kappa shape index (κ1) is 22.4. The van der Waals surface area contributed by atoms with E-state index in [-0.39, 0.29) is 11.7 Å². The summed E-state index contributed by atoms with van der Waals surface area (Å²) in [6.07, 6.45) is 2.58. The number of amides is 1. The van der Waals surface area contributed by atoms with Crippen molar-refractivity contribution in [3.8, 4) is 0 Å². The summed E-state index contributed by atoms with van der Waals surface area (Å²) in [5, 5.41) is 3.02. The van der Waals surface area contributed by atoms with Gasteiger partial charge in [-0.15, -0.1) is 0 Å². The largest absolute Gasteiger partial charge is 0.341 e. The number of piperidine rings is 1. The summed E-state index contributed by atoms with van der Waals surface area (Å²) < 4.78 is 13.4. The first-order valence-electron chi connectivity index (χ1n) is 12.1. The van der Waals surface area contributed by atoms with E-state index in [9.17, 15) is 9.18 Å². The third-order valence-electron chi connectivity index (χ3n) is 7.15. The third-order valence-corrected chi connectivity index (χ3v) is 7.15. The van der Waals surface area contributed by atoms with Crippen molar-refractivity contribution in [2.24, 2.45) is 0 Å². The normalized spacial score (nSPS) is 17.7. The lowest BCUT2D eigenvalue weighted by molar-refractivity contribution is -0.125. The number of anilines is 3. The van der Waals surface area contributed by atoms with Crippen molar-refractivity contribution in [1.82, 2.24) is 10.2 Å². The standard InChI is InChI=1S/C28H31FN4O/c29-23-12-14-26(15-13-23)33-22-30-27(34)28(33)16-20-31(21-17-28)18-7-19-32(24-8-3-1-4-9-24)25-10-5-2-6-11-25/h1-6,8-15H,7,16-22H2,(H,30,34).